The molecule has 2 aliphatic carbocycles. The third-order valence-electron chi connectivity index (χ3n) is 7.20. The summed E-state index contributed by atoms with van der Waals surface area (Å²) in [5, 5.41) is 2.53. The maximum absolute atomic E-state index is 13.7. The minimum absolute atomic E-state index is 0.0219. The topological polar surface area (TPSA) is 93.9 Å². The van der Waals surface area contributed by atoms with Crippen LogP contribution in [0.5, 0.6) is 11.5 Å². The van der Waals surface area contributed by atoms with Crippen molar-refractivity contribution in [3.8, 4) is 11.5 Å². The molecule has 4 atom stereocenters. The van der Waals surface area contributed by atoms with Crippen molar-refractivity contribution in [3.63, 3.8) is 0 Å². The fourth-order valence-corrected chi connectivity index (χ4v) is 7.01. The Kier molecular flexibility index (Phi) is 8.07. The first kappa shape index (κ1) is 24.2. The van der Waals surface area contributed by atoms with Gasteiger partial charge in [0.05, 0.1) is 19.5 Å². The van der Waals surface area contributed by atoms with Crippen LogP contribution in [0.1, 0.15) is 75.1 Å². The van der Waals surface area contributed by atoms with Crippen LogP contribution in [0.25, 0.3) is 0 Å². The number of methoxy groups -OCH3 is 2. The van der Waals surface area contributed by atoms with E-state index in [9.17, 15) is 9.59 Å². The molecule has 1 saturated heterocycles. The summed E-state index contributed by atoms with van der Waals surface area (Å²) in [6, 6.07) is 6.11. The number of ether oxygens (including phenoxy) is 2. The lowest BCUT2D eigenvalue weighted by Gasteiger charge is -2.37. The zero-order chi connectivity index (χ0) is 23.4. The second-order valence-corrected chi connectivity index (χ2v) is 10.8. The number of nitrogens with zero attached hydrogens (tertiary/aromatic N) is 1. The summed E-state index contributed by atoms with van der Waals surface area (Å²) in [6.45, 7) is 0. The predicted molar refractivity (Wildman–Crippen MR) is 130 cm³/mol. The summed E-state index contributed by atoms with van der Waals surface area (Å²) in [7, 11) is 3.28. The normalized spacial score (nSPS) is 28.6. The van der Waals surface area contributed by atoms with E-state index in [2.05, 4.69) is 5.32 Å². The van der Waals surface area contributed by atoms with Gasteiger partial charge in [-0.2, -0.15) is 0 Å². The SMILES string of the molecule is COc1ccc(OC)c(C2SC(CC(=O)NC3CCCCC3)C(=O)N2C2CCCC(N)C2)c1. The third kappa shape index (κ3) is 5.60. The van der Waals surface area contributed by atoms with E-state index in [4.69, 9.17) is 15.2 Å². The molecule has 3 N–H and O–H groups in total. The smallest absolute Gasteiger partial charge is 0.237 e. The van der Waals surface area contributed by atoms with Crippen LogP contribution < -0.4 is 20.5 Å². The van der Waals surface area contributed by atoms with Crippen molar-refractivity contribution >= 4 is 23.6 Å². The molecule has 8 heteroatoms. The van der Waals surface area contributed by atoms with Crippen LogP contribution in [-0.2, 0) is 9.59 Å². The van der Waals surface area contributed by atoms with E-state index in [0.717, 1.165) is 68.4 Å². The van der Waals surface area contributed by atoms with Crippen molar-refractivity contribution in [2.75, 3.05) is 14.2 Å². The number of thioether (sulfide) groups is 1. The van der Waals surface area contributed by atoms with E-state index in [-0.39, 0.29) is 41.7 Å². The number of benzene rings is 1. The molecular formula is C25H37N3O4S. The molecule has 3 fully saturated rings. The number of nitrogens with one attached hydrogen (secondary N) is 1. The van der Waals surface area contributed by atoms with Crippen molar-refractivity contribution < 1.29 is 19.1 Å². The van der Waals surface area contributed by atoms with Crippen LogP contribution in [0.2, 0.25) is 0 Å². The lowest BCUT2D eigenvalue weighted by molar-refractivity contribution is -0.135. The molecule has 2 amide bonds. The Bertz CT molecular complexity index is 845. The minimum Gasteiger partial charge on any atom is -0.497 e. The summed E-state index contributed by atoms with van der Waals surface area (Å²) in [5.41, 5.74) is 7.20. The van der Waals surface area contributed by atoms with E-state index >= 15 is 0 Å². The number of carbonyl (C=O) groups excluding carboxylic acids is 2. The first-order valence-electron chi connectivity index (χ1n) is 12.2. The molecule has 1 aromatic carbocycles. The van der Waals surface area contributed by atoms with E-state index < -0.39 is 5.25 Å². The van der Waals surface area contributed by atoms with Gasteiger partial charge in [0.1, 0.15) is 16.9 Å². The molecule has 3 aliphatic rings. The van der Waals surface area contributed by atoms with Crippen LogP contribution in [0.15, 0.2) is 18.2 Å². The van der Waals surface area contributed by atoms with E-state index in [1.807, 2.05) is 23.1 Å². The average molecular weight is 476 g/mol. The molecule has 0 bridgehead atoms. The van der Waals surface area contributed by atoms with Gasteiger partial charge in [0, 0.05) is 30.1 Å². The van der Waals surface area contributed by atoms with Gasteiger partial charge in [0.15, 0.2) is 0 Å². The minimum atomic E-state index is -0.410. The largest absolute Gasteiger partial charge is 0.497 e. The highest BCUT2D eigenvalue weighted by molar-refractivity contribution is 8.01. The van der Waals surface area contributed by atoms with Crippen molar-refractivity contribution in [1.82, 2.24) is 10.2 Å². The summed E-state index contributed by atoms with van der Waals surface area (Å²) in [5.74, 6) is 1.45. The molecule has 4 rings (SSSR count). The predicted octanol–water partition coefficient (Wildman–Crippen LogP) is 3.76. The second-order valence-electron chi connectivity index (χ2n) is 9.52. The Morgan fingerprint density at radius 2 is 1.91 bits per heavy atom. The Morgan fingerprint density at radius 1 is 1.12 bits per heavy atom. The molecule has 4 unspecified atom stereocenters. The monoisotopic (exact) mass is 475 g/mol. The standard InChI is InChI=1S/C25H37N3O4S/c1-31-19-11-12-21(32-2)20(14-19)25-28(18-10-6-7-16(26)13-18)24(30)22(33-25)15-23(29)27-17-8-4-3-5-9-17/h11-12,14,16-18,22,25H,3-10,13,15,26H2,1-2H3,(H,27,29). The molecule has 2 saturated carbocycles. The van der Waals surface area contributed by atoms with Gasteiger partial charge in [-0.25, -0.2) is 0 Å². The highest BCUT2D eigenvalue weighted by Crippen LogP contribution is 2.50. The number of hydrogen-bond donors (Lipinski definition) is 2. The van der Waals surface area contributed by atoms with Crippen molar-refractivity contribution in [1.29, 1.82) is 0 Å². The number of nitrogens with two attached hydrogens (primary N) is 1. The summed E-state index contributed by atoms with van der Waals surface area (Å²) in [6.07, 6.45) is 9.57. The molecule has 1 aliphatic heterocycles. The Morgan fingerprint density at radius 3 is 2.61 bits per heavy atom. The van der Waals surface area contributed by atoms with E-state index in [1.165, 1.54) is 6.42 Å². The number of hydrogen-bond acceptors (Lipinski definition) is 6. The van der Waals surface area contributed by atoms with Crippen molar-refractivity contribution in [2.45, 2.75) is 93.0 Å². The Balaban J connectivity index is 1.57. The van der Waals surface area contributed by atoms with Crippen LogP contribution in [-0.4, -0.2) is 54.3 Å². The summed E-state index contributed by atoms with van der Waals surface area (Å²) >= 11 is 1.55. The van der Waals surface area contributed by atoms with Gasteiger partial charge < -0.3 is 25.4 Å². The highest BCUT2D eigenvalue weighted by Gasteiger charge is 2.46. The molecule has 182 valence electrons. The third-order valence-corrected chi connectivity index (χ3v) is 8.64. The molecule has 0 aromatic heterocycles. The molecular weight excluding hydrogens is 438 g/mol. The molecule has 0 radical (unpaired) electrons. The van der Waals surface area contributed by atoms with Gasteiger partial charge in [-0.05, 0) is 56.7 Å². The second kappa shape index (κ2) is 11.0. The molecule has 0 spiro atoms. The molecule has 1 heterocycles. The summed E-state index contributed by atoms with van der Waals surface area (Å²) in [4.78, 5) is 28.5. The van der Waals surface area contributed by atoms with Crippen molar-refractivity contribution in [3.05, 3.63) is 23.8 Å². The average Bonchev–Trinajstić information content (AvgIpc) is 3.14. The fraction of sp³-hybridized carbons (Fsp3) is 0.680. The summed E-state index contributed by atoms with van der Waals surface area (Å²) < 4.78 is 11.1. The van der Waals surface area contributed by atoms with Gasteiger partial charge in [-0.3, -0.25) is 9.59 Å². The van der Waals surface area contributed by atoms with Gasteiger partial charge in [-0.1, -0.05) is 19.3 Å². The maximum Gasteiger partial charge on any atom is 0.237 e. The van der Waals surface area contributed by atoms with Crippen LogP contribution in [0.4, 0.5) is 0 Å². The van der Waals surface area contributed by atoms with E-state index in [1.54, 1.807) is 26.0 Å². The Hall–Kier alpha value is -1.93. The molecule has 7 nitrogen and oxygen atoms in total. The van der Waals surface area contributed by atoms with E-state index in [0.29, 0.717) is 0 Å². The first-order valence-corrected chi connectivity index (χ1v) is 13.2. The number of rotatable bonds is 7. The van der Waals surface area contributed by atoms with Gasteiger partial charge in [0.2, 0.25) is 11.8 Å². The zero-order valence-corrected chi connectivity index (χ0v) is 20.6. The zero-order valence-electron chi connectivity index (χ0n) is 19.8. The maximum atomic E-state index is 13.7. The Labute approximate surface area is 201 Å². The van der Waals surface area contributed by atoms with Gasteiger partial charge in [0.25, 0.3) is 0 Å². The molecule has 1 aromatic rings. The molecule has 33 heavy (non-hydrogen) atoms. The van der Waals surface area contributed by atoms with Gasteiger partial charge >= 0.3 is 0 Å². The lowest BCUT2D eigenvalue weighted by Crippen LogP contribution is -2.46. The van der Waals surface area contributed by atoms with Crippen LogP contribution >= 0.6 is 11.8 Å². The van der Waals surface area contributed by atoms with Crippen LogP contribution in [0, 0.1) is 0 Å². The van der Waals surface area contributed by atoms with Crippen molar-refractivity contribution in [2.24, 2.45) is 5.73 Å². The highest BCUT2D eigenvalue weighted by atomic mass is 32.2. The fourth-order valence-electron chi connectivity index (χ4n) is 5.48. The first-order chi connectivity index (χ1) is 16.0. The number of amides is 2. The quantitative estimate of drug-likeness (QED) is 0.624. The lowest BCUT2D eigenvalue weighted by atomic mass is 9.90. The van der Waals surface area contributed by atoms with Crippen LogP contribution in [0.3, 0.4) is 0 Å². The van der Waals surface area contributed by atoms with Gasteiger partial charge in [-0.15, -0.1) is 11.8 Å². The number of carbonyl (C=O) groups is 2.